The van der Waals surface area contributed by atoms with Gasteiger partial charge in [0.15, 0.2) is 6.23 Å². The van der Waals surface area contributed by atoms with E-state index in [4.69, 9.17) is 27.8 Å². The number of ether oxygens (including phenoxy) is 3. The van der Waals surface area contributed by atoms with Crippen LogP contribution >= 0.6 is 7.82 Å². The Kier molecular flexibility index (Phi) is 9.00. The molecule has 0 aliphatic carbocycles. The fraction of sp³-hybridized carbons (Fsp3) is 0.476. The van der Waals surface area contributed by atoms with E-state index in [2.05, 4.69) is 4.98 Å². The summed E-state index contributed by atoms with van der Waals surface area (Å²) in [6.07, 6.45) is -3.16. The lowest BCUT2D eigenvalue weighted by Crippen LogP contribution is -2.40. The van der Waals surface area contributed by atoms with Gasteiger partial charge < -0.3 is 23.8 Å². The number of nitrogens with zero attached hydrogens (tertiary/aromatic N) is 1. The van der Waals surface area contributed by atoms with Gasteiger partial charge in [0.05, 0.1) is 13.2 Å². The van der Waals surface area contributed by atoms with E-state index < -0.39 is 56.2 Å². The molecule has 1 aliphatic rings. The minimum atomic E-state index is -4.28. The van der Waals surface area contributed by atoms with Crippen LogP contribution in [0.5, 0.6) is 5.75 Å². The number of aliphatic hydroxyl groups excluding tert-OH is 1. The number of hydrogen-bond acceptors (Lipinski definition) is 11. The minimum absolute atomic E-state index is 0.0281. The molecule has 2 N–H and O–H groups in total. The van der Waals surface area contributed by atoms with Crippen LogP contribution in [0.15, 0.2) is 46.1 Å². The number of hydrogen-bond donors (Lipinski definition) is 2. The van der Waals surface area contributed by atoms with Crippen molar-refractivity contribution < 1.29 is 42.2 Å². The van der Waals surface area contributed by atoms with Gasteiger partial charge in [-0.3, -0.25) is 28.2 Å². The number of carbonyl (C=O) groups excluding carboxylic acids is 1. The fourth-order valence-corrected chi connectivity index (χ4v) is 4.84. The summed E-state index contributed by atoms with van der Waals surface area (Å²) in [6.45, 7) is 2.36. The lowest BCUT2D eigenvalue weighted by atomic mass is 10.1. The number of aliphatic hydroxyl groups is 1. The molecule has 1 fully saturated rings. The molecule has 1 aromatic carbocycles. The molecule has 0 spiro atoms. The van der Waals surface area contributed by atoms with E-state index in [1.54, 1.807) is 19.1 Å². The highest BCUT2D eigenvalue weighted by atomic mass is 31.2. The molecule has 35 heavy (non-hydrogen) atoms. The molecule has 192 valence electrons. The second-order valence-electron chi connectivity index (χ2n) is 7.42. The average Bonchev–Trinajstić information content (AvgIpc) is 3.15. The van der Waals surface area contributed by atoms with Gasteiger partial charge in [-0.25, -0.2) is 9.36 Å². The molecule has 2 aromatic rings. The maximum atomic E-state index is 13.5. The van der Waals surface area contributed by atoms with Crippen molar-refractivity contribution in [2.24, 2.45) is 0 Å². The molecule has 5 atom stereocenters. The van der Waals surface area contributed by atoms with E-state index in [0.717, 1.165) is 10.6 Å². The second kappa shape index (κ2) is 11.8. The zero-order valence-electron chi connectivity index (χ0n) is 19.3. The van der Waals surface area contributed by atoms with Gasteiger partial charge in [0.1, 0.15) is 30.7 Å². The summed E-state index contributed by atoms with van der Waals surface area (Å²) >= 11 is 0. The number of rotatable bonds is 11. The summed E-state index contributed by atoms with van der Waals surface area (Å²) < 4.78 is 47.2. The molecule has 13 nitrogen and oxygen atoms in total. The lowest BCUT2D eigenvalue weighted by molar-refractivity contribution is -0.142. The summed E-state index contributed by atoms with van der Waals surface area (Å²) in [6, 6.07) is 7.34. The molecule has 1 saturated heterocycles. The standard InChI is InChI=1S/C21H27N2O11P/c1-4-31-35(28,33-15-7-5-14(6-8-15)12-30-13(2)25)34-18-16(11-24)32-20(19(18)29-3)23-10-9-17(26)22-21(23)27/h5-10,16,18-20,24H,4,11-12H2,1-3H3,(H,22,26,27)/t16-,18?,19?,20-,35?/m1/s1. The van der Waals surface area contributed by atoms with E-state index in [1.165, 1.54) is 32.4 Å². The number of esters is 1. The Morgan fingerprint density at radius 2 is 1.91 bits per heavy atom. The van der Waals surface area contributed by atoms with E-state index in [-0.39, 0.29) is 19.0 Å². The number of carbonyl (C=O) groups is 1. The van der Waals surface area contributed by atoms with Crippen molar-refractivity contribution in [3.63, 3.8) is 0 Å². The Morgan fingerprint density at radius 1 is 1.20 bits per heavy atom. The fourth-order valence-electron chi connectivity index (χ4n) is 3.43. The normalized spacial score (nSPS) is 23.5. The zero-order valence-corrected chi connectivity index (χ0v) is 20.2. The molecule has 0 saturated carbocycles. The van der Waals surface area contributed by atoms with Crippen molar-refractivity contribution in [3.8, 4) is 5.75 Å². The van der Waals surface area contributed by atoms with Crippen LogP contribution in [0.25, 0.3) is 0 Å². The zero-order chi connectivity index (χ0) is 25.6. The van der Waals surface area contributed by atoms with Crippen LogP contribution in [0.1, 0.15) is 25.6 Å². The van der Waals surface area contributed by atoms with Gasteiger partial charge in [0.2, 0.25) is 0 Å². The summed E-state index contributed by atoms with van der Waals surface area (Å²) in [5.74, 6) is -0.276. The largest absolute Gasteiger partial charge is 0.530 e. The van der Waals surface area contributed by atoms with E-state index in [9.17, 15) is 24.1 Å². The number of methoxy groups -OCH3 is 1. The van der Waals surface area contributed by atoms with Crippen LogP contribution in [0.4, 0.5) is 0 Å². The van der Waals surface area contributed by atoms with Gasteiger partial charge in [-0.05, 0) is 24.6 Å². The first-order valence-electron chi connectivity index (χ1n) is 10.6. The predicted molar refractivity (Wildman–Crippen MR) is 120 cm³/mol. The van der Waals surface area contributed by atoms with Gasteiger partial charge in [0.25, 0.3) is 5.56 Å². The minimum Gasteiger partial charge on any atom is -0.461 e. The molecule has 3 unspecified atom stereocenters. The van der Waals surface area contributed by atoms with Crippen molar-refractivity contribution in [1.29, 1.82) is 0 Å². The van der Waals surface area contributed by atoms with Crippen molar-refractivity contribution in [3.05, 3.63) is 62.9 Å². The van der Waals surface area contributed by atoms with E-state index >= 15 is 0 Å². The van der Waals surface area contributed by atoms with Crippen LogP contribution in [-0.4, -0.2) is 59.3 Å². The highest BCUT2D eigenvalue weighted by molar-refractivity contribution is 7.49. The molecule has 1 aliphatic heterocycles. The molecular formula is C21H27N2O11P. The topological polar surface area (TPSA) is 165 Å². The SMILES string of the molecule is CCOP(=O)(Oc1ccc(COC(C)=O)cc1)OC1C(OC)[C@H](n2ccc(=O)[nH]c2=O)O[C@@H]1CO. The summed E-state index contributed by atoms with van der Waals surface area (Å²) in [4.78, 5) is 36.8. The first-order valence-corrected chi connectivity index (χ1v) is 12.1. The lowest BCUT2D eigenvalue weighted by Gasteiger charge is -2.26. The van der Waals surface area contributed by atoms with Crippen LogP contribution in [0, 0.1) is 0 Å². The van der Waals surface area contributed by atoms with Crippen LogP contribution in [0.3, 0.4) is 0 Å². The molecule has 0 bridgehead atoms. The van der Waals surface area contributed by atoms with Crippen LogP contribution in [0.2, 0.25) is 0 Å². The monoisotopic (exact) mass is 514 g/mol. The number of aromatic nitrogens is 2. The van der Waals surface area contributed by atoms with Gasteiger partial charge in [-0.15, -0.1) is 0 Å². The third-order valence-corrected chi connectivity index (χ3v) is 6.49. The number of phosphoric ester groups is 1. The molecule has 1 aromatic heterocycles. The Balaban J connectivity index is 1.82. The average molecular weight is 514 g/mol. The van der Waals surface area contributed by atoms with Gasteiger partial charge in [-0.2, -0.15) is 0 Å². The van der Waals surface area contributed by atoms with Crippen molar-refractivity contribution in [1.82, 2.24) is 9.55 Å². The molecule has 0 radical (unpaired) electrons. The summed E-state index contributed by atoms with van der Waals surface area (Å²) in [7, 11) is -2.96. The maximum Gasteiger partial charge on any atom is 0.530 e. The molecule has 0 amide bonds. The van der Waals surface area contributed by atoms with Gasteiger partial charge in [0, 0.05) is 26.3 Å². The summed E-state index contributed by atoms with van der Waals surface area (Å²) in [5.41, 5.74) is -0.685. The maximum absolute atomic E-state index is 13.5. The quantitative estimate of drug-likeness (QED) is 0.326. The summed E-state index contributed by atoms with van der Waals surface area (Å²) in [5, 5.41) is 9.85. The molecule has 3 rings (SSSR count). The van der Waals surface area contributed by atoms with E-state index in [0.29, 0.717) is 5.56 Å². The Bertz CT molecular complexity index is 1160. The first-order chi connectivity index (χ1) is 16.7. The van der Waals surface area contributed by atoms with E-state index in [1.807, 2.05) is 0 Å². The van der Waals surface area contributed by atoms with Gasteiger partial charge >= 0.3 is 19.5 Å². The smallest absolute Gasteiger partial charge is 0.461 e. The van der Waals surface area contributed by atoms with Crippen molar-refractivity contribution >= 4 is 13.8 Å². The number of H-pyrrole nitrogens is 1. The Labute approximate surface area is 200 Å². The molecule has 2 heterocycles. The van der Waals surface area contributed by atoms with Crippen molar-refractivity contribution in [2.45, 2.75) is 45.0 Å². The highest BCUT2D eigenvalue weighted by Crippen LogP contribution is 2.53. The van der Waals surface area contributed by atoms with Crippen LogP contribution in [-0.2, 0) is 39.2 Å². The van der Waals surface area contributed by atoms with Crippen LogP contribution < -0.4 is 15.8 Å². The second-order valence-corrected chi connectivity index (χ2v) is 8.96. The molecule has 14 heteroatoms. The first kappa shape index (κ1) is 26.8. The number of aromatic amines is 1. The number of benzene rings is 1. The number of nitrogens with one attached hydrogen (secondary N) is 1. The Morgan fingerprint density at radius 3 is 2.49 bits per heavy atom. The Hall–Kier alpha value is -2.80. The molecular weight excluding hydrogens is 487 g/mol. The van der Waals surface area contributed by atoms with Crippen molar-refractivity contribution in [2.75, 3.05) is 20.3 Å². The number of phosphoric acid groups is 1. The predicted octanol–water partition coefficient (Wildman–Crippen LogP) is 1.11. The third kappa shape index (κ3) is 6.66. The van der Waals surface area contributed by atoms with Gasteiger partial charge in [-0.1, -0.05) is 12.1 Å². The highest BCUT2D eigenvalue weighted by Gasteiger charge is 2.51. The third-order valence-electron chi connectivity index (χ3n) is 4.98.